The second-order valence-corrected chi connectivity index (χ2v) is 25.6. The number of Topliss-reactive ketones (excluding diaryl/α,β-unsaturated/α-hetero) is 1. The van der Waals surface area contributed by atoms with Crippen molar-refractivity contribution in [2.45, 2.75) is 72.6 Å². The minimum absolute atomic E-state index is 0.0357. The quantitative estimate of drug-likeness (QED) is 0.00925. The van der Waals surface area contributed by atoms with Crippen LogP contribution < -0.4 is 26.4 Å². The van der Waals surface area contributed by atoms with Gasteiger partial charge in [0.1, 0.15) is 14.1 Å². The largest absolute Gasteiger partial charge is 0.488 e. The smallest absolute Gasteiger partial charge is 0.423 e. The lowest BCUT2D eigenvalue weighted by atomic mass is 9.77. The fraction of sp³-hybridized carbons (Fsp3) is 0.271. The molecule has 13 nitrogen and oxygen atoms in total. The van der Waals surface area contributed by atoms with Gasteiger partial charge in [-0.1, -0.05) is 116 Å². The monoisotopic (exact) mass is 1170 g/mol. The number of carbonyl (C=O) groups is 2. The normalized spacial score (nSPS) is 14.6. The molecule has 7 aromatic rings. The van der Waals surface area contributed by atoms with E-state index in [1.807, 2.05) is 74.1 Å². The van der Waals surface area contributed by atoms with Gasteiger partial charge in [-0.25, -0.2) is 4.58 Å². The number of hydrogen-bond donors (Lipinski definition) is 5. The number of nitrogens with one attached hydrogen (secondary N) is 1. The van der Waals surface area contributed by atoms with E-state index in [4.69, 9.17) is 4.52 Å². The number of aryl methyl sites for hydroxylation is 1. The molecular weight excluding hydrogens is 1090 g/mol. The molecule has 1 aliphatic heterocycles. The van der Waals surface area contributed by atoms with Gasteiger partial charge in [0.2, 0.25) is 5.91 Å². The number of fused-ring (bicyclic) bond motifs is 4. The van der Waals surface area contributed by atoms with Crippen molar-refractivity contribution in [2.24, 2.45) is 0 Å². The van der Waals surface area contributed by atoms with Crippen molar-refractivity contribution in [3.8, 4) is 11.1 Å². The van der Waals surface area contributed by atoms with Crippen molar-refractivity contribution < 1.29 is 43.3 Å². The molecule has 1 atom stereocenters. The third-order valence-corrected chi connectivity index (χ3v) is 19.2. The van der Waals surface area contributed by atoms with Crippen LogP contribution in [0.2, 0.25) is 0 Å². The van der Waals surface area contributed by atoms with E-state index in [0.29, 0.717) is 104 Å². The molecule has 1 unspecified atom stereocenters. The van der Waals surface area contributed by atoms with E-state index in [1.165, 1.54) is 7.11 Å². The average molecular weight is 1170 g/mol. The first-order chi connectivity index (χ1) is 41.2. The van der Waals surface area contributed by atoms with E-state index in [0.717, 1.165) is 94.2 Å². The highest BCUT2D eigenvalue weighted by Gasteiger charge is 2.42. The molecule has 0 radical (unpaired) electrons. The van der Waals surface area contributed by atoms with Crippen molar-refractivity contribution in [1.82, 2.24) is 15.1 Å². The van der Waals surface area contributed by atoms with Crippen LogP contribution in [0.1, 0.15) is 78.5 Å². The number of rotatable bonds is 25. The lowest BCUT2D eigenvalue weighted by Crippen LogP contribution is -2.36. The summed E-state index contributed by atoms with van der Waals surface area (Å²) in [5, 5.41) is 50.9. The Morgan fingerprint density at radius 1 is 0.651 bits per heavy atom. The highest BCUT2D eigenvalue weighted by Crippen LogP contribution is 2.63. The Bertz CT molecular complexity index is 3970. The maximum Gasteiger partial charge on any atom is 0.488 e. The molecule has 1 heterocycles. The zero-order chi connectivity index (χ0) is 61.6. The summed E-state index contributed by atoms with van der Waals surface area (Å²) >= 11 is 0. The highest BCUT2D eigenvalue weighted by atomic mass is 31.2. The molecule has 1 amide bonds. The first-order valence-corrected chi connectivity index (χ1v) is 31.0. The minimum Gasteiger partial charge on any atom is -0.423 e. The van der Waals surface area contributed by atoms with Gasteiger partial charge in [-0.3, -0.25) is 24.0 Å². The molecule has 0 bridgehead atoms. The molecule has 0 spiro atoms. The highest BCUT2D eigenvalue weighted by molar-refractivity contribution is 7.71. The summed E-state index contributed by atoms with van der Waals surface area (Å²) in [5.74, 6) is -0.172. The Labute approximate surface area is 507 Å². The van der Waals surface area contributed by atoms with Crippen molar-refractivity contribution in [1.29, 1.82) is 0 Å². The topological polar surface area (TPSA) is 166 Å². The Hall–Kier alpha value is -7.55. The Kier molecular flexibility index (Phi) is 20.1. The second-order valence-electron chi connectivity index (χ2n) is 23.2. The van der Waals surface area contributed by atoms with Gasteiger partial charge in [0, 0.05) is 90.3 Å². The van der Waals surface area contributed by atoms with Crippen LogP contribution in [0, 0.1) is 6.92 Å². The first-order valence-electron chi connectivity index (χ1n) is 29.4. The van der Waals surface area contributed by atoms with Gasteiger partial charge < -0.3 is 34.8 Å². The summed E-state index contributed by atoms with van der Waals surface area (Å²) in [5.41, 5.74) is 14.0. The van der Waals surface area contributed by atoms with Crippen molar-refractivity contribution in [3.63, 3.8) is 0 Å². The summed E-state index contributed by atoms with van der Waals surface area (Å²) in [6.07, 6.45) is 8.50. The molecule has 86 heavy (non-hydrogen) atoms. The number of benzene rings is 7. The van der Waals surface area contributed by atoms with Crippen LogP contribution >= 0.6 is 7.37 Å². The van der Waals surface area contributed by atoms with Gasteiger partial charge >= 0.3 is 14.2 Å². The van der Waals surface area contributed by atoms with E-state index in [-0.39, 0.29) is 11.7 Å². The number of amides is 1. The number of carbonyl (C=O) groups excluding carboxylic acids is 2. The summed E-state index contributed by atoms with van der Waals surface area (Å²) in [6, 6.07) is 42.6. The van der Waals surface area contributed by atoms with Crippen molar-refractivity contribution in [3.05, 3.63) is 220 Å². The third kappa shape index (κ3) is 13.7. The summed E-state index contributed by atoms with van der Waals surface area (Å²) in [4.78, 5) is 32.1. The van der Waals surface area contributed by atoms with Gasteiger partial charge in [0.15, 0.2) is 11.5 Å². The molecule has 5 N–H and O–H groups in total. The minimum atomic E-state index is -3.59. The van der Waals surface area contributed by atoms with Gasteiger partial charge in [0.05, 0.1) is 10.6 Å². The zero-order valence-corrected chi connectivity index (χ0v) is 51.8. The fourth-order valence-electron chi connectivity index (χ4n) is 11.9. The Balaban J connectivity index is 1.25. The average Bonchev–Trinajstić information content (AvgIpc) is 0.749. The predicted molar refractivity (Wildman–Crippen MR) is 354 cm³/mol. The van der Waals surface area contributed by atoms with Crippen LogP contribution in [0.5, 0.6) is 0 Å². The molecule has 9 rings (SSSR count). The van der Waals surface area contributed by atoms with Crippen LogP contribution in [-0.4, -0.2) is 121 Å². The van der Waals surface area contributed by atoms with Gasteiger partial charge in [-0.15, -0.1) is 0 Å². The number of hydrogen-bond acceptors (Lipinski definition) is 11. The molecule has 1 aliphatic carbocycles. The number of anilines is 1. The van der Waals surface area contributed by atoms with Crippen LogP contribution in [0.4, 0.5) is 5.69 Å². The maximum atomic E-state index is 15.5. The maximum absolute atomic E-state index is 15.5. The van der Waals surface area contributed by atoms with Crippen LogP contribution in [0.15, 0.2) is 181 Å². The van der Waals surface area contributed by atoms with Gasteiger partial charge in [-0.2, -0.15) is 0 Å². The summed E-state index contributed by atoms with van der Waals surface area (Å²) < 4.78 is 23.7. The Morgan fingerprint density at radius 3 is 1.80 bits per heavy atom. The molecule has 0 fully saturated rings. The number of nitrogens with zero attached hydrogens (tertiary/aromatic N) is 4. The SMILES string of the molecule is C=C(C)C(=O)CCCCN(Cc1ccccc1B(O)O)Cc1c2ccccc2c(CN(CCCNC(=O)C(=C)C)Cc2ccccc2B(O)O)c2ccc(-c3ccc(C)c(C4=C5C=CC(=[N+](C)C)C=C5P(=O)(OC)c5cc(N(C)C)ccc54)c3)cc12. The second kappa shape index (κ2) is 27.4. The predicted octanol–water partition coefficient (Wildman–Crippen LogP) is 9.33. The number of allylic oxidation sites excluding steroid dienone is 6. The standard InChI is InChI=1S/C70H78B2N5O8P/c1-46(2)66(78)26-17-18-36-76(42-51-20-11-15-24-64(51)71(80)81)45-63-56-23-14-13-22-55(56)62(44-77(37-19-35-73-70(79)47(3)4)43-52-21-12-16-25-65(52)72(82)83)57-32-29-50(39-61(57)63)49-28-27-48(5)60(38-49)69-58-33-30-53(74(6)7)40-67(58)86(84,85-10)68-41-54(75(8)9)31-34-59(68)69/h11-16,20-25,27-34,38-41,80-83H,1,3,17-19,26,35-37,42-45H2,2,4-10H3/p+1. The van der Waals surface area contributed by atoms with Crippen LogP contribution in [0.25, 0.3) is 38.2 Å². The third-order valence-electron chi connectivity index (χ3n) is 16.7. The van der Waals surface area contributed by atoms with E-state index in [2.05, 4.69) is 120 Å². The van der Waals surface area contributed by atoms with E-state index < -0.39 is 21.6 Å². The fourth-order valence-corrected chi connectivity index (χ4v) is 14.2. The van der Waals surface area contributed by atoms with Crippen molar-refractivity contribution in [2.75, 3.05) is 59.8 Å². The molecule has 0 aromatic heterocycles. The molecular formula is C70H79B2N5O8P+. The van der Waals surface area contributed by atoms with E-state index in [9.17, 15) is 29.7 Å². The molecule has 2 aliphatic rings. The molecule has 442 valence electrons. The number of unbranched alkanes of at least 4 members (excludes halogenated alkanes) is 1. The molecule has 0 saturated heterocycles. The first kappa shape index (κ1) is 63.0. The zero-order valence-electron chi connectivity index (χ0n) is 50.9. The lowest BCUT2D eigenvalue weighted by molar-refractivity contribution is -0.462. The van der Waals surface area contributed by atoms with Crippen LogP contribution in [0.3, 0.4) is 0 Å². The van der Waals surface area contributed by atoms with E-state index >= 15 is 4.57 Å². The van der Waals surface area contributed by atoms with Gasteiger partial charge in [0.25, 0.3) is 7.37 Å². The van der Waals surface area contributed by atoms with Crippen molar-refractivity contribution >= 4 is 88.0 Å². The molecule has 16 heteroatoms. The number of ketones is 1. The summed E-state index contributed by atoms with van der Waals surface area (Å²) in [7, 11) is 2.50. The van der Waals surface area contributed by atoms with E-state index in [1.54, 1.807) is 38.1 Å². The van der Waals surface area contributed by atoms with Crippen LogP contribution in [-0.2, 0) is 44.9 Å². The molecule has 7 aromatic carbocycles. The van der Waals surface area contributed by atoms with Gasteiger partial charge in [-0.05, 0) is 176 Å². The lowest BCUT2D eigenvalue weighted by Gasteiger charge is -2.33. The summed E-state index contributed by atoms with van der Waals surface area (Å²) in [6.45, 7) is 16.6. The molecule has 0 saturated carbocycles. The Morgan fingerprint density at radius 2 is 1.22 bits per heavy atom.